The van der Waals surface area contributed by atoms with Crippen LogP contribution >= 0.6 is 39.0 Å². The third-order valence-electron chi connectivity index (χ3n) is 1.74. The average Bonchev–Trinajstić information content (AvgIpc) is 2.65. The van der Waals surface area contributed by atoms with Crippen LogP contribution in [-0.4, -0.2) is 16.5 Å². The summed E-state index contributed by atoms with van der Waals surface area (Å²) in [6.45, 7) is 0. The Balaban J connectivity index is 2.11. The van der Waals surface area contributed by atoms with Crippen molar-refractivity contribution in [2.45, 2.75) is 4.90 Å². The molecule has 0 aliphatic carbocycles. The lowest BCUT2D eigenvalue weighted by molar-refractivity contribution is 1.07. The first-order valence-electron chi connectivity index (χ1n) is 4.18. The Hall–Kier alpha value is -0.590. The van der Waals surface area contributed by atoms with E-state index >= 15 is 0 Å². The molecule has 0 unspecified atom stereocenters. The van der Waals surface area contributed by atoms with Crippen molar-refractivity contribution in [3.8, 4) is 0 Å². The Kier molecular flexibility index (Phi) is 3.61. The molecule has 1 N–H and O–H groups in total. The smallest absolute Gasteiger partial charge is 0.210 e. The van der Waals surface area contributed by atoms with E-state index in [4.69, 9.17) is 0 Å². The second-order valence-corrected chi connectivity index (χ2v) is 5.85. The van der Waals surface area contributed by atoms with E-state index in [-0.39, 0.29) is 0 Å². The minimum atomic E-state index is 0.783. The minimum absolute atomic E-state index is 0.783. The summed E-state index contributed by atoms with van der Waals surface area (Å²) in [5.41, 5.74) is 1.02. The molecule has 0 radical (unpaired) electrons. The molecule has 0 saturated carbocycles. The van der Waals surface area contributed by atoms with Crippen molar-refractivity contribution in [1.29, 1.82) is 0 Å². The van der Waals surface area contributed by atoms with Crippen LogP contribution in [0.4, 0.5) is 10.8 Å². The number of hydrogen-bond donors (Lipinski definition) is 1. The number of thioether (sulfide) groups is 1. The van der Waals surface area contributed by atoms with Gasteiger partial charge in [0.1, 0.15) is 0 Å². The highest BCUT2D eigenvalue weighted by Gasteiger charge is 2.01. The lowest BCUT2D eigenvalue weighted by Crippen LogP contribution is -1.88. The fourth-order valence-corrected chi connectivity index (χ4v) is 2.49. The topological polar surface area (TPSA) is 37.8 Å². The molecule has 78 valence electrons. The molecule has 6 heteroatoms. The number of halogens is 1. The van der Waals surface area contributed by atoms with E-state index in [1.165, 1.54) is 16.2 Å². The van der Waals surface area contributed by atoms with Crippen LogP contribution in [0.25, 0.3) is 0 Å². The molecule has 1 aromatic heterocycles. The largest absolute Gasteiger partial charge is 0.330 e. The zero-order valence-corrected chi connectivity index (χ0v) is 11.1. The van der Waals surface area contributed by atoms with E-state index in [0.29, 0.717) is 0 Å². The second kappa shape index (κ2) is 4.96. The van der Waals surface area contributed by atoms with Crippen LogP contribution in [-0.2, 0) is 0 Å². The second-order valence-electron chi connectivity index (χ2n) is 2.71. The molecule has 0 fully saturated rings. The summed E-state index contributed by atoms with van der Waals surface area (Å²) in [6.07, 6.45) is 2.06. The third kappa shape index (κ3) is 2.93. The molecule has 3 nitrogen and oxygen atoms in total. The molecule has 2 aromatic rings. The van der Waals surface area contributed by atoms with Crippen molar-refractivity contribution in [1.82, 2.24) is 10.2 Å². The highest BCUT2D eigenvalue weighted by molar-refractivity contribution is 9.11. The van der Waals surface area contributed by atoms with Gasteiger partial charge in [0.05, 0.1) is 0 Å². The maximum atomic E-state index is 3.96. The van der Waals surface area contributed by atoms with Gasteiger partial charge < -0.3 is 5.32 Å². The van der Waals surface area contributed by atoms with Crippen molar-refractivity contribution >= 4 is 49.8 Å². The van der Waals surface area contributed by atoms with E-state index in [2.05, 4.69) is 49.8 Å². The lowest BCUT2D eigenvalue weighted by atomic mass is 10.3. The quantitative estimate of drug-likeness (QED) is 0.876. The summed E-state index contributed by atoms with van der Waals surface area (Å²) < 4.78 is 0.783. The Morgan fingerprint density at radius 1 is 1.27 bits per heavy atom. The van der Waals surface area contributed by atoms with Gasteiger partial charge >= 0.3 is 0 Å². The van der Waals surface area contributed by atoms with Gasteiger partial charge in [-0.2, -0.15) is 0 Å². The highest BCUT2D eigenvalue weighted by Crippen LogP contribution is 2.25. The van der Waals surface area contributed by atoms with E-state index in [9.17, 15) is 0 Å². The fourth-order valence-electron chi connectivity index (χ4n) is 1.05. The summed E-state index contributed by atoms with van der Waals surface area (Å²) >= 11 is 6.47. The monoisotopic (exact) mass is 301 g/mol. The summed E-state index contributed by atoms with van der Waals surface area (Å²) in [7, 11) is 0. The zero-order chi connectivity index (χ0) is 10.7. The Morgan fingerprint density at radius 2 is 2.00 bits per heavy atom. The van der Waals surface area contributed by atoms with Gasteiger partial charge in [0.15, 0.2) is 3.92 Å². The Labute approximate surface area is 104 Å². The predicted octanol–water partition coefficient (Wildman–Crippen LogP) is 3.77. The molecule has 15 heavy (non-hydrogen) atoms. The molecule has 1 aromatic carbocycles. The van der Waals surface area contributed by atoms with Gasteiger partial charge in [-0.3, -0.25) is 0 Å². The predicted molar refractivity (Wildman–Crippen MR) is 69.1 cm³/mol. The van der Waals surface area contributed by atoms with Crippen LogP contribution in [0, 0.1) is 0 Å². The standard InChI is InChI=1S/C9H8BrN3S2/c1-14-7-4-2-6(3-5-7)11-9-13-12-8(10)15-9/h2-5H,1H3,(H,11,13). The van der Waals surface area contributed by atoms with E-state index in [1.807, 2.05) is 12.1 Å². The first-order chi connectivity index (χ1) is 7.28. The van der Waals surface area contributed by atoms with Crippen LogP contribution in [0.2, 0.25) is 0 Å². The summed E-state index contributed by atoms with van der Waals surface area (Å²) in [5, 5.41) is 11.8. The van der Waals surface area contributed by atoms with Gasteiger partial charge in [0.2, 0.25) is 5.13 Å². The summed E-state index contributed by atoms with van der Waals surface area (Å²) in [4.78, 5) is 1.25. The molecule has 0 atom stereocenters. The molecule has 0 aliphatic rings. The molecule has 0 spiro atoms. The Morgan fingerprint density at radius 3 is 2.53 bits per heavy atom. The van der Waals surface area contributed by atoms with Crippen molar-refractivity contribution in [3.63, 3.8) is 0 Å². The summed E-state index contributed by atoms with van der Waals surface area (Å²) in [6, 6.07) is 8.20. The van der Waals surface area contributed by atoms with E-state index in [0.717, 1.165) is 14.7 Å². The van der Waals surface area contributed by atoms with Gasteiger partial charge in [0.25, 0.3) is 0 Å². The van der Waals surface area contributed by atoms with Crippen molar-refractivity contribution in [2.75, 3.05) is 11.6 Å². The Bertz CT molecular complexity index is 441. The molecular weight excluding hydrogens is 294 g/mol. The van der Waals surface area contributed by atoms with Gasteiger partial charge in [0, 0.05) is 10.6 Å². The number of nitrogens with zero attached hydrogens (tertiary/aromatic N) is 2. The molecule has 0 saturated heterocycles. The fraction of sp³-hybridized carbons (Fsp3) is 0.111. The van der Waals surface area contributed by atoms with Gasteiger partial charge in [-0.15, -0.1) is 22.0 Å². The molecule has 2 rings (SSSR count). The highest BCUT2D eigenvalue weighted by atomic mass is 79.9. The average molecular weight is 302 g/mol. The lowest BCUT2D eigenvalue weighted by Gasteiger charge is -2.02. The maximum absolute atomic E-state index is 3.96. The number of aromatic nitrogens is 2. The molecule has 0 amide bonds. The number of anilines is 2. The maximum Gasteiger partial charge on any atom is 0.210 e. The summed E-state index contributed by atoms with van der Waals surface area (Å²) in [5.74, 6) is 0. The van der Waals surface area contributed by atoms with Crippen LogP contribution in [0.3, 0.4) is 0 Å². The van der Waals surface area contributed by atoms with Crippen molar-refractivity contribution in [2.24, 2.45) is 0 Å². The molecule has 1 heterocycles. The first kappa shape index (κ1) is 10.9. The van der Waals surface area contributed by atoms with Crippen LogP contribution in [0.15, 0.2) is 33.1 Å². The van der Waals surface area contributed by atoms with Gasteiger partial charge in [-0.1, -0.05) is 11.3 Å². The number of rotatable bonds is 3. The first-order valence-corrected chi connectivity index (χ1v) is 7.01. The number of hydrogen-bond acceptors (Lipinski definition) is 5. The third-order valence-corrected chi connectivity index (χ3v) is 3.76. The SMILES string of the molecule is CSc1ccc(Nc2nnc(Br)s2)cc1. The minimum Gasteiger partial charge on any atom is -0.330 e. The zero-order valence-electron chi connectivity index (χ0n) is 7.90. The number of nitrogens with one attached hydrogen (secondary N) is 1. The van der Waals surface area contributed by atoms with Gasteiger partial charge in [-0.25, -0.2) is 0 Å². The van der Waals surface area contributed by atoms with E-state index in [1.54, 1.807) is 11.8 Å². The number of benzene rings is 1. The van der Waals surface area contributed by atoms with Crippen molar-refractivity contribution in [3.05, 3.63) is 28.2 Å². The van der Waals surface area contributed by atoms with Crippen LogP contribution in [0.1, 0.15) is 0 Å². The van der Waals surface area contributed by atoms with E-state index < -0.39 is 0 Å². The van der Waals surface area contributed by atoms with Crippen LogP contribution in [0.5, 0.6) is 0 Å². The van der Waals surface area contributed by atoms with Gasteiger partial charge in [-0.05, 0) is 46.5 Å². The molecular formula is C9H8BrN3S2. The molecule has 0 aliphatic heterocycles. The van der Waals surface area contributed by atoms with Crippen LogP contribution < -0.4 is 5.32 Å². The van der Waals surface area contributed by atoms with Crippen molar-refractivity contribution < 1.29 is 0 Å². The normalized spacial score (nSPS) is 10.3. The molecule has 0 bridgehead atoms.